The summed E-state index contributed by atoms with van der Waals surface area (Å²) < 4.78 is 10.5. The highest BCUT2D eigenvalue weighted by Crippen LogP contribution is 2.33. The molecule has 6 nitrogen and oxygen atoms in total. The molecule has 4 rings (SSSR count). The number of amides is 1. The maximum Gasteiger partial charge on any atom is 0.298 e. The van der Waals surface area contributed by atoms with E-state index in [9.17, 15) is 4.79 Å². The summed E-state index contributed by atoms with van der Waals surface area (Å²) in [7, 11) is 3.31. The van der Waals surface area contributed by atoms with E-state index in [1.165, 1.54) is 17.7 Å². The molecule has 2 aromatic carbocycles. The van der Waals surface area contributed by atoms with Gasteiger partial charge in [-0.1, -0.05) is 12.1 Å². The van der Waals surface area contributed by atoms with Crippen LogP contribution in [-0.4, -0.2) is 50.5 Å². The van der Waals surface area contributed by atoms with Crippen LogP contribution in [0.4, 0.5) is 0 Å². The summed E-state index contributed by atoms with van der Waals surface area (Å²) in [5.74, 6) is 1.71. The minimum Gasteiger partial charge on any atom is -0.497 e. The highest BCUT2D eigenvalue weighted by molar-refractivity contribution is 6.03. The molecule has 152 valence electrons. The number of nitrogens with zero attached hydrogens (tertiary/aromatic N) is 2. The largest absolute Gasteiger partial charge is 0.497 e. The van der Waals surface area contributed by atoms with Crippen LogP contribution in [0, 0.1) is 0 Å². The van der Waals surface area contributed by atoms with Crippen molar-refractivity contribution in [3.8, 4) is 11.5 Å². The van der Waals surface area contributed by atoms with Crippen molar-refractivity contribution in [2.24, 2.45) is 5.10 Å². The van der Waals surface area contributed by atoms with E-state index in [4.69, 9.17) is 14.6 Å². The second-order valence-electron chi connectivity index (χ2n) is 7.64. The van der Waals surface area contributed by atoms with E-state index in [-0.39, 0.29) is 11.9 Å². The first-order valence-electron chi connectivity index (χ1n) is 10.2. The number of nitrogens with one attached hydrogen (secondary N) is 1. The molecule has 0 saturated carbocycles. The summed E-state index contributed by atoms with van der Waals surface area (Å²) in [5.41, 5.74) is 3.02. The number of ether oxygens (including phenoxy) is 2. The Balaban J connectivity index is 1.60. The van der Waals surface area contributed by atoms with E-state index >= 15 is 0 Å². The van der Waals surface area contributed by atoms with Crippen LogP contribution < -0.4 is 14.4 Å². The van der Waals surface area contributed by atoms with Crippen molar-refractivity contribution in [1.29, 1.82) is 0 Å². The van der Waals surface area contributed by atoms with Crippen LogP contribution in [0.1, 0.15) is 36.4 Å². The van der Waals surface area contributed by atoms with E-state index in [1.54, 1.807) is 19.2 Å². The number of rotatable bonds is 6. The number of carbonyl (C=O) groups is 1. The summed E-state index contributed by atoms with van der Waals surface area (Å²) in [4.78, 5) is 14.5. The molecule has 1 fully saturated rings. The van der Waals surface area contributed by atoms with Crippen LogP contribution in [0.5, 0.6) is 11.5 Å². The van der Waals surface area contributed by atoms with E-state index in [0.717, 1.165) is 41.4 Å². The standard InChI is InChI=1S/C23H27N3O3/c1-28-19-9-5-17(6-10-19)21-15-22(18-7-11-20(29-2)12-8-18)26(24-21)23(27)16-25-13-3-4-14-25/h5-12,22H,3-4,13-16H2,1-2H3/p+1/t22-/m0/s1. The molecule has 0 spiro atoms. The monoisotopic (exact) mass is 394 g/mol. The Bertz CT molecular complexity index is 871. The quantitative estimate of drug-likeness (QED) is 0.816. The van der Waals surface area contributed by atoms with Crippen LogP contribution in [0.3, 0.4) is 0 Å². The van der Waals surface area contributed by atoms with Gasteiger partial charge < -0.3 is 14.4 Å². The molecule has 1 atom stereocenters. The van der Waals surface area contributed by atoms with Gasteiger partial charge in [-0.15, -0.1) is 0 Å². The average Bonchev–Trinajstić information content (AvgIpc) is 3.44. The first kappa shape index (κ1) is 19.5. The van der Waals surface area contributed by atoms with Gasteiger partial charge in [0.05, 0.1) is 39.1 Å². The summed E-state index contributed by atoms with van der Waals surface area (Å²) in [6.45, 7) is 2.65. The molecule has 6 heteroatoms. The Morgan fingerprint density at radius 2 is 1.59 bits per heavy atom. The van der Waals surface area contributed by atoms with Gasteiger partial charge in [0.2, 0.25) is 0 Å². The van der Waals surface area contributed by atoms with Gasteiger partial charge in [-0.3, -0.25) is 4.79 Å². The number of benzene rings is 2. The third-order valence-corrected chi connectivity index (χ3v) is 5.80. The molecule has 1 saturated heterocycles. The summed E-state index contributed by atoms with van der Waals surface area (Å²) in [6.07, 6.45) is 3.09. The highest BCUT2D eigenvalue weighted by Gasteiger charge is 2.35. The van der Waals surface area contributed by atoms with E-state index < -0.39 is 0 Å². The van der Waals surface area contributed by atoms with E-state index in [0.29, 0.717) is 13.0 Å². The van der Waals surface area contributed by atoms with Gasteiger partial charge in [-0.05, 0) is 47.5 Å². The zero-order chi connectivity index (χ0) is 20.2. The van der Waals surface area contributed by atoms with Gasteiger partial charge in [-0.25, -0.2) is 5.01 Å². The Morgan fingerprint density at radius 1 is 1.00 bits per heavy atom. The molecule has 1 N–H and O–H groups in total. The van der Waals surface area contributed by atoms with Crippen LogP contribution in [0.15, 0.2) is 53.6 Å². The molecule has 2 aliphatic heterocycles. The molecule has 29 heavy (non-hydrogen) atoms. The van der Waals surface area contributed by atoms with E-state index in [2.05, 4.69) is 0 Å². The number of carbonyl (C=O) groups excluding carboxylic acids is 1. The van der Waals surface area contributed by atoms with Crippen molar-refractivity contribution in [1.82, 2.24) is 5.01 Å². The Labute approximate surface area is 171 Å². The van der Waals surface area contributed by atoms with Crippen LogP contribution in [0.25, 0.3) is 0 Å². The smallest absolute Gasteiger partial charge is 0.298 e. The fourth-order valence-corrected chi connectivity index (χ4v) is 4.13. The predicted octanol–water partition coefficient (Wildman–Crippen LogP) is 2.06. The number of hydrogen-bond donors (Lipinski definition) is 1. The molecule has 0 radical (unpaired) electrons. The van der Waals surface area contributed by atoms with Crippen molar-refractivity contribution >= 4 is 11.6 Å². The maximum atomic E-state index is 13.1. The van der Waals surface area contributed by atoms with Gasteiger partial charge in [-0.2, -0.15) is 5.10 Å². The molecule has 0 aromatic heterocycles. The molecule has 0 aliphatic carbocycles. The summed E-state index contributed by atoms with van der Waals surface area (Å²) >= 11 is 0. The van der Waals surface area contributed by atoms with Crippen molar-refractivity contribution in [2.45, 2.75) is 25.3 Å². The summed E-state index contributed by atoms with van der Waals surface area (Å²) in [5, 5.41) is 6.47. The number of quaternary nitrogens is 1. The molecule has 2 aliphatic rings. The lowest BCUT2D eigenvalue weighted by Crippen LogP contribution is -3.11. The second-order valence-corrected chi connectivity index (χ2v) is 7.64. The normalized spacial score (nSPS) is 19.3. The van der Waals surface area contributed by atoms with Gasteiger partial charge in [0.25, 0.3) is 5.91 Å². The van der Waals surface area contributed by atoms with Crippen LogP contribution >= 0.6 is 0 Å². The Morgan fingerprint density at radius 3 is 2.17 bits per heavy atom. The number of hydrazone groups is 1. The summed E-state index contributed by atoms with van der Waals surface area (Å²) in [6, 6.07) is 15.7. The van der Waals surface area contributed by atoms with Crippen molar-refractivity contribution in [3.05, 3.63) is 59.7 Å². The van der Waals surface area contributed by atoms with E-state index in [1.807, 2.05) is 48.5 Å². The van der Waals surface area contributed by atoms with Gasteiger partial charge >= 0.3 is 0 Å². The number of hydrogen-bond acceptors (Lipinski definition) is 4. The Kier molecular flexibility index (Phi) is 5.81. The maximum absolute atomic E-state index is 13.1. The number of likely N-dealkylation sites (tertiary alicyclic amines) is 1. The molecule has 1 amide bonds. The van der Waals surface area contributed by atoms with Gasteiger partial charge in [0.1, 0.15) is 11.5 Å². The fraction of sp³-hybridized carbons (Fsp3) is 0.391. The molecular weight excluding hydrogens is 366 g/mol. The lowest BCUT2D eigenvalue weighted by molar-refractivity contribution is -0.879. The fourth-order valence-electron chi connectivity index (χ4n) is 4.13. The minimum absolute atomic E-state index is 0.0891. The molecule has 2 heterocycles. The minimum atomic E-state index is -0.0903. The van der Waals surface area contributed by atoms with Gasteiger partial charge in [0.15, 0.2) is 6.54 Å². The van der Waals surface area contributed by atoms with Crippen molar-refractivity contribution in [2.75, 3.05) is 33.9 Å². The van der Waals surface area contributed by atoms with Crippen LogP contribution in [-0.2, 0) is 4.79 Å². The predicted molar refractivity (Wildman–Crippen MR) is 112 cm³/mol. The van der Waals surface area contributed by atoms with Gasteiger partial charge in [0, 0.05) is 19.3 Å². The lowest BCUT2D eigenvalue weighted by atomic mass is 9.98. The SMILES string of the molecule is COc1ccc(C2=NN(C(=O)C[NH+]3CCCC3)[C@H](c3ccc(OC)cc3)C2)cc1. The first-order valence-corrected chi connectivity index (χ1v) is 10.2. The molecule has 0 unspecified atom stereocenters. The molecule has 2 aromatic rings. The first-order chi connectivity index (χ1) is 14.2. The second kappa shape index (κ2) is 8.66. The molecule has 0 bridgehead atoms. The lowest BCUT2D eigenvalue weighted by Gasteiger charge is -2.23. The average molecular weight is 394 g/mol. The third-order valence-electron chi connectivity index (χ3n) is 5.80. The topological polar surface area (TPSA) is 55.6 Å². The number of methoxy groups -OCH3 is 2. The molecular formula is C23H28N3O3+. The van der Waals surface area contributed by atoms with Crippen molar-refractivity contribution in [3.63, 3.8) is 0 Å². The highest BCUT2D eigenvalue weighted by atomic mass is 16.5. The van der Waals surface area contributed by atoms with Crippen LogP contribution in [0.2, 0.25) is 0 Å². The van der Waals surface area contributed by atoms with Crippen molar-refractivity contribution < 1.29 is 19.2 Å². The zero-order valence-electron chi connectivity index (χ0n) is 17.1. The Hall–Kier alpha value is -2.86. The third kappa shape index (κ3) is 4.27. The zero-order valence-corrected chi connectivity index (χ0v) is 17.1.